The van der Waals surface area contributed by atoms with Crippen molar-refractivity contribution in [3.05, 3.63) is 41.1 Å². The molecule has 0 unspecified atom stereocenters. The Balaban J connectivity index is 1.32. The van der Waals surface area contributed by atoms with Gasteiger partial charge in [0, 0.05) is 6.54 Å². The molecule has 4 rings (SSSR count). The highest BCUT2D eigenvalue weighted by Gasteiger charge is 2.22. The SMILES string of the molecule is Cc1nonc1C(=O)NCc1cn2ncc(CNC(=O)COC3CC3)cc2n1. The van der Waals surface area contributed by atoms with E-state index in [4.69, 9.17) is 4.74 Å². The Morgan fingerprint density at radius 2 is 2.14 bits per heavy atom. The number of aromatic nitrogens is 5. The maximum Gasteiger partial charge on any atom is 0.275 e. The molecule has 0 aliphatic heterocycles. The molecule has 0 atom stereocenters. The first-order valence-electron chi connectivity index (χ1n) is 8.87. The Bertz CT molecular complexity index is 1010. The van der Waals surface area contributed by atoms with Gasteiger partial charge in [-0.25, -0.2) is 14.1 Å². The van der Waals surface area contributed by atoms with E-state index >= 15 is 0 Å². The van der Waals surface area contributed by atoms with Gasteiger partial charge in [0.2, 0.25) is 5.91 Å². The van der Waals surface area contributed by atoms with Crippen LogP contribution < -0.4 is 10.6 Å². The smallest absolute Gasteiger partial charge is 0.275 e. The zero-order valence-electron chi connectivity index (χ0n) is 15.2. The monoisotopic (exact) mass is 385 g/mol. The van der Waals surface area contributed by atoms with Gasteiger partial charge in [0.05, 0.1) is 30.7 Å². The summed E-state index contributed by atoms with van der Waals surface area (Å²) in [4.78, 5) is 28.2. The highest BCUT2D eigenvalue weighted by molar-refractivity contribution is 5.92. The third-order valence-electron chi connectivity index (χ3n) is 4.19. The van der Waals surface area contributed by atoms with E-state index in [-0.39, 0.29) is 36.8 Å². The topological polar surface area (TPSA) is 137 Å². The number of carbonyl (C=O) groups is 2. The van der Waals surface area contributed by atoms with Crippen molar-refractivity contribution in [2.24, 2.45) is 0 Å². The maximum atomic E-state index is 12.0. The number of rotatable bonds is 8. The highest BCUT2D eigenvalue weighted by Crippen LogP contribution is 2.22. The van der Waals surface area contributed by atoms with Crippen LogP contribution in [0.5, 0.6) is 0 Å². The summed E-state index contributed by atoms with van der Waals surface area (Å²) in [5, 5.41) is 16.9. The lowest BCUT2D eigenvalue weighted by Crippen LogP contribution is -2.27. The number of carbonyl (C=O) groups excluding carboxylic acids is 2. The van der Waals surface area contributed by atoms with Crippen LogP contribution in [-0.4, -0.2) is 49.4 Å². The molecule has 1 aliphatic carbocycles. The number of hydrogen-bond donors (Lipinski definition) is 2. The van der Waals surface area contributed by atoms with Crippen molar-refractivity contribution < 1.29 is 19.0 Å². The Kier molecular flexibility index (Phi) is 4.98. The second-order valence-corrected chi connectivity index (χ2v) is 6.57. The van der Waals surface area contributed by atoms with Crippen LogP contribution in [0, 0.1) is 6.92 Å². The maximum absolute atomic E-state index is 12.0. The zero-order valence-corrected chi connectivity index (χ0v) is 15.2. The van der Waals surface area contributed by atoms with Crippen LogP contribution in [0.3, 0.4) is 0 Å². The second-order valence-electron chi connectivity index (χ2n) is 6.57. The predicted octanol–water partition coefficient (Wildman–Crippen LogP) is 0.146. The van der Waals surface area contributed by atoms with E-state index in [1.807, 2.05) is 6.07 Å². The molecule has 0 saturated heterocycles. The van der Waals surface area contributed by atoms with Crippen LogP contribution in [0.25, 0.3) is 5.65 Å². The summed E-state index contributed by atoms with van der Waals surface area (Å²) in [6.45, 7) is 2.26. The number of nitrogens with one attached hydrogen (secondary N) is 2. The molecule has 11 nitrogen and oxygen atoms in total. The molecule has 146 valence electrons. The fourth-order valence-corrected chi connectivity index (χ4v) is 2.52. The minimum atomic E-state index is -0.388. The molecule has 11 heteroatoms. The molecule has 28 heavy (non-hydrogen) atoms. The molecule has 0 aromatic carbocycles. The van der Waals surface area contributed by atoms with E-state index in [2.05, 4.69) is 35.7 Å². The van der Waals surface area contributed by atoms with E-state index in [0.717, 1.165) is 18.4 Å². The average molecular weight is 385 g/mol. The Labute approximate surface area is 159 Å². The molecule has 3 aromatic rings. The van der Waals surface area contributed by atoms with Crippen molar-refractivity contribution in [3.63, 3.8) is 0 Å². The van der Waals surface area contributed by atoms with Crippen LogP contribution in [0.4, 0.5) is 0 Å². The summed E-state index contributed by atoms with van der Waals surface area (Å²) in [7, 11) is 0. The van der Waals surface area contributed by atoms with E-state index in [9.17, 15) is 9.59 Å². The van der Waals surface area contributed by atoms with Crippen molar-refractivity contribution in [1.82, 2.24) is 35.5 Å². The molecular formula is C17H19N7O4. The van der Waals surface area contributed by atoms with Crippen molar-refractivity contribution >= 4 is 17.5 Å². The van der Waals surface area contributed by atoms with Gasteiger partial charge < -0.3 is 15.4 Å². The van der Waals surface area contributed by atoms with Gasteiger partial charge in [0.25, 0.3) is 5.91 Å². The van der Waals surface area contributed by atoms with Gasteiger partial charge in [-0.2, -0.15) is 5.10 Å². The first kappa shape index (κ1) is 18.0. The molecule has 2 N–H and O–H groups in total. The first-order chi connectivity index (χ1) is 13.6. The van der Waals surface area contributed by atoms with Gasteiger partial charge in [0.1, 0.15) is 12.3 Å². The number of imidazole rings is 1. The van der Waals surface area contributed by atoms with Crippen molar-refractivity contribution in [3.8, 4) is 0 Å². The third-order valence-corrected chi connectivity index (χ3v) is 4.19. The van der Waals surface area contributed by atoms with Crippen molar-refractivity contribution in [1.29, 1.82) is 0 Å². The first-order valence-corrected chi connectivity index (χ1v) is 8.87. The van der Waals surface area contributed by atoms with Gasteiger partial charge in [-0.3, -0.25) is 9.59 Å². The Hall–Kier alpha value is -3.34. The lowest BCUT2D eigenvalue weighted by molar-refractivity contribution is -0.126. The molecule has 3 heterocycles. The van der Waals surface area contributed by atoms with Gasteiger partial charge >= 0.3 is 0 Å². The number of hydrogen-bond acceptors (Lipinski definition) is 8. The fourth-order valence-electron chi connectivity index (χ4n) is 2.52. The van der Waals surface area contributed by atoms with E-state index in [1.165, 1.54) is 0 Å². The van der Waals surface area contributed by atoms with Gasteiger partial charge in [0.15, 0.2) is 11.3 Å². The van der Waals surface area contributed by atoms with Crippen molar-refractivity contribution in [2.45, 2.75) is 39.0 Å². The van der Waals surface area contributed by atoms with Crippen molar-refractivity contribution in [2.75, 3.05) is 6.61 Å². The van der Waals surface area contributed by atoms with E-state index in [0.29, 0.717) is 23.6 Å². The average Bonchev–Trinajstić information content (AvgIpc) is 3.28. The summed E-state index contributed by atoms with van der Waals surface area (Å²) < 4.78 is 11.5. The summed E-state index contributed by atoms with van der Waals surface area (Å²) in [5.74, 6) is -0.545. The molecule has 0 radical (unpaired) electrons. The standard InChI is InChI=1S/C17H19N7O4/c1-10-16(23-28-22-10)17(26)19-7-12-8-24-14(21-12)4-11(6-20-24)5-18-15(25)9-27-13-2-3-13/h4,6,8,13H,2-3,5,7,9H2,1H3,(H,18,25)(H,19,26). The van der Waals surface area contributed by atoms with Crippen LogP contribution in [-0.2, 0) is 22.6 Å². The van der Waals surface area contributed by atoms with Crippen LogP contribution in [0.1, 0.15) is 40.3 Å². The third kappa shape index (κ3) is 4.31. The molecule has 3 aromatic heterocycles. The number of aryl methyl sites for hydroxylation is 1. The van der Waals surface area contributed by atoms with Gasteiger partial charge in [-0.15, -0.1) is 0 Å². The van der Waals surface area contributed by atoms with Crippen LogP contribution >= 0.6 is 0 Å². The predicted molar refractivity (Wildman–Crippen MR) is 94.0 cm³/mol. The van der Waals surface area contributed by atoms with E-state index in [1.54, 1.807) is 23.8 Å². The number of amides is 2. The Morgan fingerprint density at radius 1 is 1.29 bits per heavy atom. The largest absolute Gasteiger partial charge is 0.368 e. The van der Waals surface area contributed by atoms with Gasteiger partial charge in [-0.05, 0) is 36.6 Å². The van der Waals surface area contributed by atoms with Crippen LogP contribution in [0.2, 0.25) is 0 Å². The summed E-state index contributed by atoms with van der Waals surface area (Å²) in [5.41, 5.74) is 2.63. The zero-order chi connectivity index (χ0) is 19.5. The molecular weight excluding hydrogens is 366 g/mol. The molecule has 1 fully saturated rings. The quantitative estimate of drug-likeness (QED) is 0.559. The Morgan fingerprint density at radius 3 is 2.89 bits per heavy atom. The minimum absolute atomic E-state index is 0.0775. The lowest BCUT2D eigenvalue weighted by atomic mass is 10.3. The summed E-state index contributed by atoms with van der Waals surface area (Å²) >= 11 is 0. The highest BCUT2D eigenvalue weighted by atomic mass is 16.6. The van der Waals surface area contributed by atoms with Gasteiger partial charge in [-0.1, -0.05) is 5.16 Å². The molecule has 1 saturated carbocycles. The molecule has 0 spiro atoms. The summed E-state index contributed by atoms with van der Waals surface area (Å²) in [6.07, 6.45) is 5.69. The van der Waals surface area contributed by atoms with Crippen LogP contribution in [0.15, 0.2) is 23.1 Å². The lowest BCUT2D eigenvalue weighted by Gasteiger charge is -2.05. The normalized spacial score (nSPS) is 13.6. The second kappa shape index (κ2) is 7.72. The van der Waals surface area contributed by atoms with E-state index < -0.39 is 0 Å². The number of ether oxygens (including phenoxy) is 1. The fraction of sp³-hybridized carbons (Fsp3) is 0.412. The molecule has 2 amide bonds. The molecule has 0 bridgehead atoms. The minimum Gasteiger partial charge on any atom is -0.368 e. The number of nitrogens with zero attached hydrogens (tertiary/aromatic N) is 5. The number of fused-ring (bicyclic) bond motifs is 1. The molecule has 1 aliphatic rings. The summed E-state index contributed by atoms with van der Waals surface area (Å²) in [6, 6.07) is 1.83.